The minimum atomic E-state index is -1.18. The topological polar surface area (TPSA) is 81.8 Å². The summed E-state index contributed by atoms with van der Waals surface area (Å²) >= 11 is 0. The van der Waals surface area contributed by atoms with E-state index in [4.69, 9.17) is 0 Å². The van der Waals surface area contributed by atoms with E-state index in [-0.39, 0.29) is 6.54 Å². The van der Waals surface area contributed by atoms with E-state index in [2.05, 4.69) is 15.5 Å². The summed E-state index contributed by atoms with van der Waals surface area (Å²) in [5.74, 6) is -0.832. The molecule has 2 aliphatic rings. The Labute approximate surface area is 182 Å². The zero-order valence-electron chi connectivity index (χ0n) is 18.0. The Kier molecular flexibility index (Phi) is 5.67. The second-order valence-electron chi connectivity index (χ2n) is 8.43. The number of aryl methyl sites for hydroxylation is 1. The van der Waals surface area contributed by atoms with Crippen LogP contribution in [0.4, 0.5) is 16.2 Å². The highest BCUT2D eigenvalue weighted by Crippen LogP contribution is 2.30. The number of nitrogens with zero attached hydrogens (tertiary/aromatic N) is 2. The first-order chi connectivity index (χ1) is 14.9. The molecule has 7 nitrogen and oxygen atoms in total. The maximum Gasteiger partial charge on any atom is 0.325 e. The molecule has 4 amide bonds. The summed E-state index contributed by atoms with van der Waals surface area (Å²) in [6, 6.07) is 14.5. The molecule has 0 saturated carbocycles. The van der Waals surface area contributed by atoms with Crippen LogP contribution in [0.1, 0.15) is 37.3 Å². The number of hydrogen-bond acceptors (Lipinski definition) is 4. The molecule has 2 aliphatic heterocycles. The molecule has 0 aromatic heterocycles. The number of urea groups is 1. The fourth-order valence-electron chi connectivity index (χ4n) is 4.25. The molecule has 4 rings (SSSR count). The molecule has 162 valence electrons. The fourth-order valence-corrected chi connectivity index (χ4v) is 4.25. The summed E-state index contributed by atoms with van der Waals surface area (Å²) in [4.78, 5) is 41.7. The van der Waals surface area contributed by atoms with Crippen molar-refractivity contribution in [3.8, 4) is 0 Å². The van der Waals surface area contributed by atoms with Crippen LogP contribution in [-0.2, 0) is 15.1 Å². The number of anilines is 2. The van der Waals surface area contributed by atoms with Crippen LogP contribution in [-0.4, -0.2) is 42.4 Å². The molecule has 2 N–H and O–H groups in total. The van der Waals surface area contributed by atoms with Crippen molar-refractivity contribution in [2.24, 2.45) is 0 Å². The minimum Gasteiger partial charge on any atom is -0.370 e. The molecule has 0 aliphatic carbocycles. The third-order valence-corrected chi connectivity index (χ3v) is 6.08. The van der Waals surface area contributed by atoms with Gasteiger partial charge in [0.05, 0.1) is 11.4 Å². The highest BCUT2D eigenvalue weighted by molar-refractivity contribution is 6.10. The monoisotopic (exact) mass is 420 g/mol. The lowest BCUT2D eigenvalue weighted by Crippen LogP contribution is -2.42. The van der Waals surface area contributed by atoms with Crippen LogP contribution in [0.25, 0.3) is 0 Å². The molecule has 2 aromatic rings. The Morgan fingerprint density at radius 3 is 2.42 bits per heavy atom. The SMILES string of the molecule is Cc1ccc([C@]2(C)NC(=O)N(CC(=O)Nc3ccccc3N3CCCCC3)C2=O)cc1. The highest BCUT2D eigenvalue weighted by Gasteiger charge is 2.49. The average Bonchev–Trinajstić information content (AvgIpc) is 2.99. The fraction of sp³-hybridized carbons (Fsp3) is 0.375. The summed E-state index contributed by atoms with van der Waals surface area (Å²) in [6.45, 7) is 5.20. The predicted octanol–water partition coefficient (Wildman–Crippen LogP) is 3.39. The van der Waals surface area contributed by atoms with Gasteiger partial charge in [-0.05, 0) is 50.8 Å². The maximum absolute atomic E-state index is 13.1. The quantitative estimate of drug-likeness (QED) is 0.727. The second kappa shape index (κ2) is 8.41. The number of nitrogens with one attached hydrogen (secondary N) is 2. The largest absolute Gasteiger partial charge is 0.370 e. The van der Waals surface area contributed by atoms with E-state index in [0.29, 0.717) is 11.3 Å². The summed E-state index contributed by atoms with van der Waals surface area (Å²) in [6.07, 6.45) is 3.47. The Hall–Kier alpha value is -3.35. The number of rotatable bonds is 5. The highest BCUT2D eigenvalue weighted by atomic mass is 16.2. The molecule has 31 heavy (non-hydrogen) atoms. The first-order valence-corrected chi connectivity index (χ1v) is 10.7. The van der Waals surface area contributed by atoms with Gasteiger partial charge in [0.2, 0.25) is 5.91 Å². The van der Waals surface area contributed by atoms with Crippen molar-refractivity contribution >= 4 is 29.2 Å². The van der Waals surface area contributed by atoms with Gasteiger partial charge in [0, 0.05) is 13.1 Å². The lowest BCUT2D eigenvalue weighted by molar-refractivity contribution is -0.133. The van der Waals surface area contributed by atoms with E-state index in [1.54, 1.807) is 6.92 Å². The van der Waals surface area contributed by atoms with E-state index in [1.165, 1.54) is 6.42 Å². The van der Waals surface area contributed by atoms with Crippen molar-refractivity contribution in [1.82, 2.24) is 10.2 Å². The van der Waals surface area contributed by atoms with Crippen molar-refractivity contribution in [3.05, 3.63) is 59.7 Å². The van der Waals surface area contributed by atoms with E-state index < -0.39 is 23.4 Å². The molecule has 7 heteroatoms. The summed E-state index contributed by atoms with van der Waals surface area (Å²) in [5.41, 5.74) is 2.24. The van der Waals surface area contributed by atoms with Gasteiger partial charge in [-0.25, -0.2) is 4.79 Å². The van der Waals surface area contributed by atoms with Gasteiger partial charge in [0.1, 0.15) is 12.1 Å². The van der Waals surface area contributed by atoms with E-state index in [9.17, 15) is 14.4 Å². The molecular formula is C24H28N4O3. The summed E-state index contributed by atoms with van der Waals surface area (Å²) in [7, 11) is 0. The smallest absolute Gasteiger partial charge is 0.325 e. The first-order valence-electron chi connectivity index (χ1n) is 10.7. The lowest BCUT2D eigenvalue weighted by Gasteiger charge is -2.30. The Bertz CT molecular complexity index is 998. The molecule has 2 heterocycles. The van der Waals surface area contributed by atoms with Crippen LogP contribution in [0.3, 0.4) is 0 Å². The molecule has 1 atom stereocenters. The number of benzene rings is 2. The number of hydrogen-bond donors (Lipinski definition) is 2. The van der Waals surface area contributed by atoms with Crippen LogP contribution in [0.5, 0.6) is 0 Å². The molecule has 0 bridgehead atoms. The summed E-state index contributed by atoms with van der Waals surface area (Å²) in [5, 5.41) is 5.64. The molecule has 0 radical (unpaired) electrons. The van der Waals surface area contributed by atoms with Gasteiger partial charge in [-0.15, -0.1) is 0 Å². The predicted molar refractivity (Wildman–Crippen MR) is 120 cm³/mol. The van der Waals surface area contributed by atoms with E-state index >= 15 is 0 Å². The van der Waals surface area contributed by atoms with Crippen molar-refractivity contribution in [2.45, 2.75) is 38.6 Å². The Morgan fingerprint density at radius 1 is 1.03 bits per heavy atom. The third-order valence-electron chi connectivity index (χ3n) is 6.08. The number of para-hydroxylation sites is 2. The molecular weight excluding hydrogens is 392 g/mol. The minimum absolute atomic E-state index is 0.333. The van der Waals surface area contributed by atoms with Crippen LogP contribution in [0, 0.1) is 6.92 Å². The van der Waals surface area contributed by atoms with Gasteiger partial charge in [0.25, 0.3) is 5.91 Å². The van der Waals surface area contributed by atoms with Gasteiger partial charge >= 0.3 is 6.03 Å². The number of piperidine rings is 1. The second-order valence-corrected chi connectivity index (χ2v) is 8.43. The van der Waals surface area contributed by atoms with Crippen molar-refractivity contribution in [3.63, 3.8) is 0 Å². The third kappa shape index (κ3) is 4.13. The number of carbonyl (C=O) groups is 3. The van der Waals surface area contributed by atoms with Gasteiger partial charge in [-0.1, -0.05) is 42.0 Å². The zero-order valence-corrected chi connectivity index (χ0v) is 18.0. The van der Waals surface area contributed by atoms with Crippen LogP contribution < -0.4 is 15.5 Å². The first kappa shape index (κ1) is 20.9. The van der Waals surface area contributed by atoms with Crippen molar-refractivity contribution in [1.29, 1.82) is 0 Å². The number of carbonyl (C=O) groups excluding carboxylic acids is 3. The standard InChI is InChI=1S/C24H28N4O3/c1-17-10-12-18(13-11-17)24(2)22(30)28(23(31)26-24)16-21(29)25-19-8-4-5-9-20(19)27-14-6-3-7-15-27/h4-5,8-13H,3,6-7,14-16H2,1-2H3,(H,25,29)(H,26,31)/t24-/m0/s1. The number of amides is 4. The molecule has 2 saturated heterocycles. The van der Waals surface area contributed by atoms with E-state index in [1.807, 2.05) is 55.5 Å². The van der Waals surface area contributed by atoms with Crippen LogP contribution >= 0.6 is 0 Å². The molecule has 2 aromatic carbocycles. The molecule has 2 fully saturated rings. The van der Waals surface area contributed by atoms with E-state index in [0.717, 1.165) is 42.1 Å². The maximum atomic E-state index is 13.1. The summed E-state index contributed by atoms with van der Waals surface area (Å²) < 4.78 is 0. The van der Waals surface area contributed by atoms with Crippen molar-refractivity contribution < 1.29 is 14.4 Å². The lowest BCUT2D eigenvalue weighted by atomic mass is 9.91. The van der Waals surface area contributed by atoms with Crippen LogP contribution in [0.15, 0.2) is 48.5 Å². The van der Waals surface area contributed by atoms with Crippen LogP contribution in [0.2, 0.25) is 0 Å². The Balaban J connectivity index is 1.47. The van der Waals surface area contributed by atoms with Gasteiger partial charge in [-0.2, -0.15) is 0 Å². The Morgan fingerprint density at radius 2 is 1.71 bits per heavy atom. The molecule has 0 unspecified atom stereocenters. The van der Waals surface area contributed by atoms with Gasteiger partial charge in [0.15, 0.2) is 0 Å². The average molecular weight is 421 g/mol. The van der Waals surface area contributed by atoms with Crippen molar-refractivity contribution in [2.75, 3.05) is 29.9 Å². The zero-order chi connectivity index (χ0) is 22.0. The van der Waals surface area contributed by atoms with Gasteiger partial charge in [-0.3, -0.25) is 14.5 Å². The number of imide groups is 1. The van der Waals surface area contributed by atoms with Gasteiger partial charge < -0.3 is 15.5 Å². The molecule has 0 spiro atoms. The normalized spacial score (nSPS) is 21.2.